The molecule has 1 heterocycles. The first-order valence-corrected chi connectivity index (χ1v) is 8.99. The number of fused-ring (bicyclic) bond motifs is 1. The second-order valence-corrected chi connectivity index (χ2v) is 6.61. The molecule has 1 amide bonds. The lowest BCUT2D eigenvalue weighted by Crippen LogP contribution is -2.17. The molecule has 0 unspecified atom stereocenters. The van der Waals surface area contributed by atoms with Gasteiger partial charge in [-0.1, -0.05) is 6.07 Å². The number of benzene rings is 3. The highest BCUT2D eigenvalue weighted by Gasteiger charge is 2.26. The van der Waals surface area contributed by atoms with Gasteiger partial charge in [-0.25, -0.2) is 17.6 Å². The summed E-state index contributed by atoms with van der Waals surface area (Å²) in [6.07, 6.45) is 1.55. The Bertz CT molecular complexity index is 1340. The van der Waals surface area contributed by atoms with Gasteiger partial charge >= 0.3 is 0 Å². The van der Waals surface area contributed by atoms with Crippen molar-refractivity contribution in [2.45, 2.75) is 0 Å². The van der Waals surface area contributed by atoms with E-state index in [1.165, 1.54) is 18.2 Å². The van der Waals surface area contributed by atoms with Crippen molar-refractivity contribution in [3.63, 3.8) is 0 Å². The van der Waals surface area contributed by atoms with Gasteiger partial charge in [0.25, 0.3) is 5.91 Å². The number of anilines is 1. The summed E-state index contributed by atoms with van der Waals surface area (Å²) in [5, 5.41) is 2.64. The van der Waals surface area contributed by atoms with E-state index in [1.54, 1.807) is 18.3 Å². The molecule has 0 saturated carbocycles. The van der Waals surface area contributed by atoms with Crippen molar-refractivity contribution in [1.29, 1.82) is 0 Å². The summed E-state index contributed by atoms with van der Waals surface area (Å²) in [6, 6.07) is 12.2. The molecule has 0 saturated heterocycles. The third-order valence-electron chi connectivity index (χ3n) is 4.60. The van der Waals surface area contributed by atoms with Crippen LogP contribution in [-0.2, 0) is 0 Å². The molecule has 0 aliphatic rings. The minimum absolute atomic E-state index is 0.0413. The molecular weight excluding hydrogens is 412 g/mol. The molecule has 1 N–H and O–H groups in total. The van der Waals surface area contributed by atoms with Crippen molar-refractivity contribution < 1.29 is 27.2 Å². The zero-order valence-corrected chi connectivity index (χ0v) is 15.6. The molecule has 0 atom stereocenters. The number of aromatic nitrogens is 1. The SMILES string of the molecule is O=C(Nc1cc(F)c(F)c(C(=O)c2ccc3ncccc3c2)c1F)c1ccc(F)cc1. The standard InChI is InChI=1S/C23H12F4N2O2/c24-15-6-3-12(4-7-15)23(31)29-18-11-16(25)20(26)19(21(18)27)22(30)14-5-8-17-13(10-14)2-1-9-28-17/h1-11H,(H,29,31). The van der Waals surface area contributed by atoms with Crippen LogP contribution in [0.15, 0.2) is 66.9 Å². The Kier molecular flexibility index (Phi) is 5.21. The molecule has 4 nitrogen and oxygen atoms in total. The number of ketones is 1. The molecular formula is C23H12F4N2O2. The van der Waals surface area contributed by atoms with Crippen molar-refractivity contribution >= 4 is 28.3 Å². The number of carbonyl (C=O) groups excluding carboxylic acids is 2. The average molecular weight is 424 g/mol. The summed E-state index contributed by atoms with van der Waals surface area (Å²) >= 11 is 0. The van der Waals surface area contributed by atoms with E-state index in [2.05, 4.69) is 10.3 Å². The summed E-state index contributed by atoms with van der Waals surface area (Å²) in [5.41, 5.74) is -1.43. The summed E-state index contributed by atoms with van der Waals surface area (Å²) in [5.74, 6) is -7.19. The molecule has 0 aliphatic carbocycles. The maximum Gasteiger partial charge on any atom is 0.255 e. The summed E-state index contributed by atoms with van der Waals surface area (Å²) in [7, 11) is 0. The van der Waals surface area contributed by atoms with Crippen LogP contribution in [0.25, 0.3) is 10.9 Å². The Morgan fingerprint density at radius 3 is 2.26 bits per heavy atom. The first kappa shape index (κ1) is 20.2. The van der Waals surface area contributed by atoms with Gasteiger partial charge in [-0.3, -0.25) is 14.6 Å². The Morgan fingerprint density at radius 1 is 0.806 bits per heavy atom. The van der Waals surface area contributed by atoms with Crippen LogP contribution in [0.5, 0.6) is 0 Å². The van der Waals surface area contributed by atoms with Crippen LogP contribution in [0.3, 0.4) is 0 Å². The van der Waals surface area contributed by atoms with Crippen molar-refractivity contribution in [1.82, 2.24) is 4.98 Å². The number of hydrogen-bond donors (Lipinski definition) is 1. The smallest absolute Gasteiger partial charge is 0.255 e. The maximum absolute atomic E-state index is 15.0. The normalized spacial score (nSPS) is 10.8. The Hall–Kier alpha value is -4.07. The van der Waals surface area contributed by atoms with Gasteiger partial charge in [-0.05, 0) is 48.5 Å². The first-order chi connectivity index (χ1) is 14.8. The van der Waals surface area contributed by atoms with Gasteiger partial charge < -0.3 is 5.32 Å². The Balaban J connectivity index is 1.73. The molecule has 0 radical (unpaired) electrons. The van der Waals surface area contributed by atoms with Crippen LogP contribution in [0.2, 0.25) is 0 Å². The first-order valence-electron chi connectivity index (χ1n) is 8.99. The number of nitrogens with zero attached hydrogens (tertiary/aromatic N) is 1. The third kappa shape index (κ3) is 3.87. The molecule has 154 valence electrons. The minimum atomic E-state index is -1.67. The fourth-order valence-electron chi connectivity index (χ4n) is 3.05. The van der Waals surface area contributed by atoms with E-state index in [-0.39, 0.29) is 11.1 Å². The summed E-state index contributed by atoms with van der Waals surface area (Å²) in [6.45, 7) is 0. The number of carbonyl (C=O) groups is 2. The molecule has 0 fully saturated rings. The van der Waals surface area contributed by atoms with E-state index in [0.717, 1.165) is 24.3 Å². The molecule has 8 heteroatoms. The zero-order valence-electron chi connectivity index (χ0n) is 15.6. The van der Waals surface area contributed by atoms with Gasteiger partial charge in [0.2, 0.25) is 0 Å². The van der Waals surface area contributed by atoms with Crippen molar-refractivity contribution in [2.24, 2.45) is 0 Å². The Morgan fingerprint density at radius 2 is 1.52 bits per heavy atom. The van der Waals surface area contributed by atoms with Gasteiger partial charge in [0.15, 0.2) is 23.2 Å². The van der Waals surface area contributed by atoms with E-state index in [4.69, 9.17) is 0 Å². The second kappa shape index (κ2) is 7.98. The molecule has 4 aromatic rings. The van der Waals surface area contributed by atoms with Crippen LogP contribution in [0.1, 0.15) is 26.3 Å². The topological polar surface area (TPSA) is 59.1 Å². The van der Waals surface area contributed by atoms with Crippen LogP contribution in [0.4, 0.5) is 23.2 Å². The monoisotopic (exact) mass is 424 g/mol. The number of amides is 1. The van der Waals surface area contributed by atoms with E-state index < -0.39 is 46.2 Å². The van der Waals surface area contributed by atoms with Crippen LogP contribution < -0.4 is 5.32 Å². The number of rotatable bonds is 4. The number of halogens is 4. The molecule has 3 aromatic carbocycles. The van der Waals surface area contributed by atoms with Gasteiger partial charge in [0.05, 0.1) is 16.8 Å². The lowest BCUT2D eigenvalue weighted by Gasteiger charge is -2.12. The van der Waals surface area contributed by atoms with Crippen LogP contribution >= 0.6 is 0 Å². The Labute approximate surface area is 173 Å². The quantitative estimate of drug-likeness (QED) is 0.276. The second-order valence-electron chi connectivity index (χ2n) is 6.61. The molecule has 0 bridgehead atoms. The average Bonchev–Trinajstić information content (AvgIpc) is 2.77. The highest BCUT2D eigenvalue weighted by Crippen LogP contribution is 2.27. The highest BCUT2D eigenvalue weighted by atomic mass is 19.2. The van der Waals surface area contributed by atoms with Gasteiger partial charge in [-0.2, -0.15) is 0 Å². The van der Waals surface area contributed by atoms with Crippen molar-refractivity contribution in [2.75, 3.05) is 5.32 Å². The molecule has 1 aromatic heterocycles. The zero-order chi connectivity index (χ0) is 22.1. The fourth-order valence-corrected chi connectivity index (χ4v) is 3.05. The largest absolute Gasteiger partial charge is 0.319 e. The van der Waals surface area contributed by atoms with E-state index in [0.29, 0.717) is 17.0 Å². The summed E-state index contributed by atoms with van der Waals surface area (Å²) < 4.78 is 56.5. The van der Waals surface area contributed by atoms with Crippen LogP contribution in [0, 0.1) is 23.3 Å². The molecule has 0 spiro atoms. The predicted molar refractivity (Wildman–Crippen MR) is 106 cm³/mol. The van der Waals surface area contributed by atoms with Gasteiger partial charge in [-0.15, -0.1) is 0 Å². The van der Waals surface area contributed by atoms with Crippen molar-refractivity contribution in [3.05, 3.63) is 107 Å². The van der Waals surface area contributed by atoms with E-state index in [9.17, 15) is 27.2 Å². The number of pyridine rings is 1. The lowest BCUT2D eigenvalue weighted by atomic mass is 9.99. The maximum atomic E-state index is 15.0. The van der Waals surface area contributed by atoms with Crippen LogP contribution in [-0.4, -0.2) is 16.7 Å². The highest BCUT2D eigenvalue weighted by molar-refractivity contribution is 6.12. The minimum Gasteiger partial charge on any atom is -0.319 e. The third-order valence-corrected chi connectivity index (χ3v) is 4.60. The summed E-state index contributed by atoms with van der Waals surface area (Å²) in [4.78, 5) is 29.2. The molecule has 0 aliphatic heterocycles. The van der Waals surface area contributed by atoms with Gasteiger partial charge in [0.1, 0.15) is 5.82 Å². The lowest BCUT2D eigenvalue weighted by molar-refractivity contribution is 0.101. The van der Waals surface area contributed by atoms with Crippen molar-refractivity contribution in [3.8, 4) is 0 Å². The molecule has 4 rings (SSSR count). The fraction of sp³-hybridized carbons (Fsp3) is 0. The molecule has 31 heavy (non-hydrogen) atoms. The van der Waals surface area contributed by atoms with E-state index in [1.807, 2.05) is 0 Å². The van der Waals surface area contributed by atoms with E-state index >= 15 is 0 Å². The number of nitrogens with one attached hydrogen (secondary N) is 1. The predicted octanol–water partition coefficient (Wildman–Crippen LogP) is 5.27. The van der Waals surface area contributed by atoms with Gasteiger partial charge in [0, 0.05) is 28.8 Å². The number of hydrogen-bond acceptors (Lipinski definition) is 3.